The number of guanidine groups is 1. The van der Waals surface area contributed by atoms with Gasteiger partial charge in [-0.15, -0.1) is 24.0 Å². The van der Waals surface area contributed by atoms with Gasteiger partial charge >= 0.3 is 0 Å². The highest BCUT2D eigenvalue weighted by atomic mass is 127. The molecule has 1 saturated heterocycles. The van der Waals surface area contributed by atoms with Crippen molar-refractivity contribution in [3.8, 4) is 0 Å². The topological polar surface area (TPSA) is 56.7 Å². The van der Waals surface area contributed by atoms with E-state index in [2.05, 4.69) is 30.1 Å². The lowest BCUT2D eigenvalue weighted by Gasteiger charge is -2.36. The lowest BCUT2D eigenvalue weighted by molar-refractivity contribution is 0.369. The maximum Gasteiger partial charge on any atom is 0.225 e. The smallest absolute Gasteiger partial charge is 0.225 e. The zero-order valence-corrected chi connectivity index (χ0v) is 18.6. The third-order valence-corrected chi connectivity index (χ3v) is 5.20. The molecule has 6 nitrogen and oxygen atoms in total. The van der Waals surface area contributed by atoms with Crippen LogP contribution in [-0.4, -0.2) is 59.6 Å². The minimum Gasteiger partial charge on any atom is -0.353 e. The van der Waals surface area contributed by atoms with Crippen LogP contribution in [0.4, 0.5) is 14.7 Å². The molecule has 1 saturated carbocycles. The number of piperazine rings is 1. The Labute approximate surface area is 186 Å². The second-order valence-electron chi connectivity index (χ2n) is 7.05. The summed E-state index contributed by atoms with van der Waals surface area (Å²) >= 11 is 0. The number of halogens is 3. The first-order chi connectivity index (χ1) is 13.7. The van der Waals surface area contributed by atoms with Gasteiger partial charge in [-0.1, -0.05) is 6.07 Å². The van der Waals surface area contributed by atoms with Gasteiger partial charge in [0, 0.05) is 62.6 Å². The minimum atomic E-state index is -0.472. The molecular formula is C20H25F2IN6. The Morgan fingerprint density at radius 2 is 1.76 bits per heavy atom. The molecule has 0 spiro atoms. The Balaban J connectivity index is 0.00000240. The lowest BCUT2D eigenvalue weighted by atomic mass is 10.1. The first kappa shape index (κ1) is 21.7. The molecule has 156 valence electrons. The van der Waals surface area contributed by atoms with Crippen LogP contribution in [0.2, 0.25) is 0 Å². The summed E-state index contributed by atoms with van der Waals surface area (Å²) in [6.45, 7) is 5.80. The van der Waals surface area contributed by atoms with Crippen molar-refractivity contribution in [1.82, 2.24) is 20.2 Å². The first-order valence-electron chi connectivity index (χ1n) is 9.69. The molecule has 1 aromatic carbocycles. The maximum absolute atomic E-state index is 14.0. The molecule has 2 aromatic rings. The van der Waals surface area contributed by atoms with Crippen LogP contribution < -0.4 is 10.2 Å². The monoisotopic (exact) mass is 514 g/mol. The van der Waals surface area contributed by atoms with Crippen LogP contribution in [0.1, 0.15) is 24.8 Å². The summed E-state index contributed by atoms with van der Waals surface area (Å²) in [7, 11) is 0. The van der Waals surface area contributed by atoms with Crippen LogP contribution in [0.25, 0.3) is 0 Å². The lowest BCUT2D eigenvalue weighted by Crippen LogP contribution is -2.53. The molecule has 0 amide bonds. The van der Waals surface area contributed by atoms with Crippen LogP contribution in [0, 0.1) is 11.6 Å². The van der Waals surface area contributed by atoms with Crippen molar-refractivity contribution < 1.29 is 8.78 Å². The number of rotatable bonds is 4. The highest BCUT2D eigenvalue weighted by molar-refractivity contribution is 14.0. The summed E-state index contributed by atoms with van der Waals surface area (Å²) in [4.78, 5) is 17.5. The van der Waals surface area contributed by atoms with Gasteiger partial charge in [-0.2, -0.15) is 0 Å². The third kappa shape index (κ3) is 4.93. The number of hydrogen-bond donors (Lipinski definition) is 1. The number of anilines is 1. The second-order valence-corrected chi connectivity index (χ2v) is 7.05. The number of aromatic nitrogens is 2. The molecule has 29 heavy (non-hydrogen) atoms. The molecule has 0 bridgehead atoms. The SMILES string of the molecule is CCN=C(NC1CC1c1c(F)cccc1F)N1CCN(c2ncccn2)CC1.I. The second kappa shape index (κ2) is 9.64. The van der Waals surface area contributed by atoms with Gasteiger partial charge in [0.2, 0.25) is 5.95 Å². The van der Waals surface area contributed by atoms with Crippen molar-refractivity contribution in [2.24, 2.45) is 4.99 Å². The zero-order valence-electron chi connectivity index (χ0n) is 16.3. The summed E-state index contributed by atoms with van der Waals surface area (Å²) < 4.78 is 28.1. The number of benzene rings is 1. The molecule has 9 heteroatoms. The van der Waals surface area contributed by atoms with Gasteiger partial charge in [-0.25, -0.2) is 18.7 Å². The third-order valence-electron chi connectivity index (χ3n) is 5.20. The Bertz CT molecular complexity index is 822. The molecule has 2 unspecified atom stereocenters. The molecule has 1 aliphatic heterocycles. The van der Waals surface area contributed by atoms with E-state index in [4.69, 9.17) is 0 Å². The normalized spacial score (nSPS) is 21.6. The van der Waals surface area contributed by atoms with E-state index < -0.39 is 11.6 Å². The highest BCUT2D eigenvalue weighted by Gasteiger charge is 2.43. The van der Waals surface area contributed by atoms with Gasteiger partial charge in [0.15, 0.2) is 5.96 Å². The van der Waals surface area contributed by atoms with E-state index in [1.165, 1.54) is 18.2 Å². The number of hydrogen-bond acceptors (Lipinski definition) is 4. The predicted octanol–water partition coefficient (Wildman–Crippen LogP) is 3.02. The van der Waals surface area contributed by atoms with Crippen molar-refractivity contribution in [3.05, 3.63) is 53.9 Å². The van der Waals surface area contributed by atoms with Crippen molar-refractivity contribution in [2.75, 3.05) is 37.6 Å². The standard InChI is InChI=1S/C20H24F2N6.HI/c1-2-23-20(26-17-13-14(17)18-15(21)5-3-6-16(18)22)28-11-9-27(10-12-28)19-24-7-4-8-25-19;/h3-8,14,17H,2,9-13H2,1H3,(H,23,26);1H. The fraction of sp³-hybridized carbons (Fsp3) is 0.450. The quantitative estimate of drug-likeness (QED) is 0.387. The Morgan fingerprint density at radius 3 is 2.38 bits per heavy atom. The van der Waals surface area contributed by atoms with Crippen LogP contribution in [0.15, 0.2) is 41.7 Å². The van der Waals surface area contributed by atoms with Crippen molar-refractivity contribution in [3.63, 3.8) is 0 Å². The van der Waals surface area contributed by atoms with E-state index in [1.807, 2.05) is 6.92 Å². The van der Waals surface area contributed by atoms with Gasteiger partial charge in [0.05, 0.1) is 0 Å². The highest BCUT2D eigenvalue weighted by Crippen LogP contribution is 2.43. The van der Waals surface area contributed by atoms with E-state index >= 15 is 0 Å². The summed E-state index contributed by atoms with van der Waals surface area (Å²) in [5.74, 6) is 0.448. The molecule has 2 heterocycles. The average molecular weight is 514 g/mol. The number of nitrogens with one attached hydrogen (secondary N) is 1. The Morgan fingerprint density at radius 1 is 1.10 bits per heavy atom. The Hall–Kier alpha value is -2.04. The van der Waals surface area contributed by atoms with E-state index in [9.17, 15) is 8.78 Å². The van der Waals surface area contributed by atoms with E-state index in [1.54, 1.807) is 18.5 Å². The molecule has 0 radical (unpaired) electrons. The molecule has 1 aliphatic carbocycles. The zero-order chi connectivity index (χ0) is 19.5. The van der Waals surface area contributed by atoms with Gasteiger partial charge in [-0.3, -0.25) is 4.99 Å². The summed E-state index contributed by atoms with van der Waals surface area (Å²) in [5.41, 5.74) is 0.182. The molecule has 2 atom stereocenters. The Kier molecular flexibility index (Phi) is 7.20. The number of aliphatic imine (C=N–C) groups is 1. The van der Waals surface area contributed by atoms with Crippen LogP contribution in [0.5, 0.6) is 0 Å². The summed E-state index contributed by atoms with van der Waals surface area (Å²) in [5, 5.41) is 3.41. The largest absolute Gasteiger partial charge is 0.353 e. The summed E-state index contributed by atoms with van der Waals surface area (Å²) in [6, 6.07) is 5.85. The van der Waals surface area contributed by atoms with Crippen molar-refractivity contribution in [1.29, 1.82) is 0 Å². The van der Waals surface area contributed by atoms with Gasteiger partial charge in [0.25, 0.3) is 0 Å². The fourth-order valence-corrected chi connectivity index (χ4v) is 3.66. The summed E-state index contributed by atoms with van der Waals surface area (Å²) in [6.07, 6.45) is 4.20. The molecule has 1 aromatic heterocycles. The average Bonchev–Trinajstić information content (AvgIpc) is 3.47. The minimum absolute atomic E-state index is 0. The predicted molar refractivity (Wildman–Crippen MR) is 120 cm³/mol. The van der Waals surface area contributed by atoms with E-state index in [0.717, 1.165) is 38.1 Å². The fourth-order valence-electron chi connectivity index (χ4n) is 3.66. The molecular weight excluding hydrogens is 489 g/mol. The van der Waals surface area contributed by atoms with Crippen molar-refractivity contribution in [2.45, 2.75) is 25.3 Å². The number of nitrogens with zero attached hydrogens (tertiary/aromatic N) is 5. The molecule has 4 rings (SSSR count). The molecule has 2 aliphatic rings. The molecule has 1 N–H and O–H groups in total. The van der Waals surface area contributed by atoms with Gasteiger partial charge in [0.1, 0.15) is 11.6 Å². The van der Waals surface area contributed by atoms with Crippen molar-refractivity contribution >= 4 is 35.9 Å². The van der Waals surface area contributed by atoms with Crippen LogP contribution in [0.3, 0.4) is 0 Å². The maximum atomic E-state index is 14.0. The van der Waals surface area contributed by atoms with Gasteiger partial charge < -0.3 is 15.1 Å². The van der Waals surface area contributed by atoms with Gasteiger partial charge in [-0.05, 0) is 31.5 Å². The van der Waals surface area contributed by atoms with E-state index in [0.29, 0.717) is 13.0 Å². The van der Waals surface area contributed by atoms with Crippen LogP contribution in [-0.2, 0) is 0 Å². The van der Waals surface area contributed by atoms with E-state index in [-0.39, 0.29) is 41.5 Å². The van der Waals surface area contributed by atoms with Crippen LogP contribution >= 0.6 is 24.0 Å². The molecule has 2 fully saturated rings. The first-order valence-corrected chi connectivity index (χ1v) is 9.69.